The van der Waals surface area contributed by atoms with Crippen molar-refractivity contribution in [3.8, 4) is 23.0 Å². The van der Waals surface area contributed by atoms with Crippen molar-refractivity contribution in [2.45, 2.75) is 76.7 Å². The van der Waals surface area contributed by atoms with Crippen molar-refractivity contribution >= 4 is 41.0 Å². The number of ether oxygens (including phenoxy) is 3. The molecule has 0 aliphatic carbocycles. The van der Waals surface area contributed by atoms with Gasteiger partial charge in [-0.25, -0.2) is 4.85 Å². The molecule has 0 saturated carbocycles. The lowest BCUT2D eigenvalue weighted by Gasteiger charge is -2.33. The zero-order valence-electron chi connectivity index (χ0n) is 33.1. The second-order valence-electron chi connectivity index (χ2n) is 14.4. The standard InChI is InChI=1S/C42H48N6O9/c1-23-38(50)45-24(2)42(54)48(6)34(18-27-9-13-30(55-7)14-10-27)40(52)46-25(3)41(53)47(5)33-17-26-11-15-31(16-12-26)57-37-21-28(32(43-4)22-36(37)56-8)19-29(20-35(33)49)39(51)44-23/h9-16,21-25,29,33-34H,17-20H2,1-3,5-8H3,(H,44,51)(H,45,50)(H,46,52)/t23-,24+,25+,29-,33+,34+/m1/s1. The second-order valence-corrected chi connectivity index (χ2v) is 14.4. The monoisotopic (exact) mass is 780 g/mol. The number of rotatable bonds is 4. The van der Waals surface area contributed by atoms with Crippen LogP contribution in [-0.2, 0) is 48.0 Å². The Morgan fingerprint density at radius 3 is 1.96 bits per heavy atom. The number of benzene rings is 3. The van der Waals surface area contributed by atoms with E-state index in [4.69, 9.17) is 20.8 Å². The molecule has 15 nitrogen and oxygen atoms in total. The molecule has 3 aliphatic heterocycles. The summed E-state index contributed by atoms with van der Waals surface area (Å²) in [5.74, 6) is -3.06. The number of fused-ring (bicyclic) bond motifs is 2. The molecular weight excluding hydrogens is 732 g/mol. The zero-order chi connectivity index (χ0) is 41.6. The Labute approximate surface area is 331 Å². The molecule has 6 bridgehead atoms. The van der Waals surface area contributed by atoms with Gasteiger partial charge in [-0.2, -0.15) is 0 Å². The van der Waals surface area contributed by atoms with Gasteiger partial charge in [-0.05, 0) is 86.7 Å². The van der Waals surface area contributed by atoms with Gasteiger partial charge < -0.3 is 40.0 Å². The molecule has 0 spiro atoms. The molecule has 0 aromatic heterocycles. The van der Waals surface area contributed by atoms with E-state index in [-0.39, 0.29) is 31.4 Å². The minimum Gasteiger partial charge on any atom is -0.497 e. The van der Waals surface area contributed by atoms with Gasteiger partial charge in [0, 0.05) is 32.9 Å². The van der Waals surface area contributed by atoms with Crippen LogP contribution in [0.4, 0.5) is 5.69 Å². The Morgan fingerprint density at radius 1 is 0.737 bits per heavy atom. The number of likely N-dealkylation sites (N-methyl/N-ethyl adjacent to an activating group) is 2. The summed E-state index contributed by atoms with van der Waals surface area (Å²) in [4.78, 5) is 90.2. The molecule has 0 radical (unpaired) electrons. The number of amides is 5. The Balaban J connectivity index is 1.58. The minimum absolute atomic E-state index is 0.0618. The zero-order valence-corrected chi connectivity index (χ0v) is 33.1. The first kappa shape index (κ1) is 41.7. The van der Waals surface area contributed by atoms with Crippen molar-refractivity contribution in [3.63, 3.8) is 0 Å². The molecule has 57 heavy (non-hydrogen) atoms. The number of hydrogen-bond acceptors (Lipinski definition) is 9. The van der Waals surface area contributed by atoms with Gasteiger partial charge in [0.1, 0.15) is 35.7 Å². The fourth-order valence-corrected chi connectivity index (χ4v) is 6.99. The van der Waals surface area contributed by atoms with Gasteiger partial charge in [0.05, 0.1) is 26.8 Å². The molecule has 1 fully saturated rings. The molecule has 15 heteroatoms. The molecule has 6 atom stereocenters. The average molecular weight is 781 g/mol. The molecule has 300 valence electrons. The van der Waals surface area contributed by atoms with Crippen molar-refractivity contribution in [3.05, 3.63) is 88.8 Å². The smallest absolute Gasteiger partial charge is 0.245 e. The third-order valence-electron chi connectivity index (χ3n) is 10.5. The van der Waals surface area contributed by atoms with Crippen LogP contribution >= 0.6 is 0 Å². The quantitative estimate of drug-likeness (QED) is 0.336. The summed E-state index contributed by atoms with van der Waals surface area (Å²) in [7, 11) is 5.87. The van der Waals surface area contributed by atoms with Crippen LogP contribution in [0.5, 0.6) is 23.0 Å². The summed E-state index contributed by atoms with van der Waals surface area (Å²) in [6, 6.07) is 11.4. The highest BCUT2D eigenvalue weighted by atomic mass is 16.5. The van der Waals surface area contributed by atoms with E-state index in [9.17, 15) is 28.8 Å². The van der Waals surface area contributed by atoms with Crippen LogP contribution < -0.4 is 30.2 Å². The molecule has 3 aromatic carbocycles. The van der Waals surface area contributed by atoms with Gasteiger partial charge in [0.15, 0.2) is 23.0 Å². The Hall–Kier alpha value is -6.43. The molecule has 3 aliphatic rings. The van der Waals surface area contributed by atoms with Gasteiger partial charge in [0.2, 0.25) is 29.5 Å². The topological polar surface area (TPSA) is 177 Å². The Kier molecular flexibility index (Phi) is 13.2. The highest BCUT2D eigenvalue weighted by Crippen LogP contribution is 2.39. The number of methoxy groups -OCH3 is 2. The number of carbonyl (C=O) groups is 6. The first-order valence-electron chi connectivity index (χ1n) is 18.6. The lowest BCUT2D eigenvalue weighted by Crippen LogP contribution is -2.59. The van der Waals surface area contributed by atoms with Crippen molar-refractivity contribution in [1.29, 1.82) is 0 Å². The highest BCUT2D eigenvalue weighted by Gasteiger charge is 2.37. The molecule has 1 saturated heterocycles. The summed E-state index contributed by atoms with van der Waals surface area (Å²) in [5.41, 5.74) is 1.95. The predicted octanol–water partition coefficient (Wildman–Crippen LogP) is 3.15. The summed E-state index contributed by atoms with van der Waals surface area (Å²) in [5, 5.41) is 8.08. The number of hydrogen-bond donors (Lipinski definition) is 3. The lowest BCUT2D eigenvalue weighted by atomic mass is 9.88. The number of nitrogens with one attached hydrogen (secondary N) is 3. The number of Topliss-reactive ketones (excluding diaryl/α,β-unsaturated/α-hetero) is 1. The van der Waals surface area contributed by atoms with Crippen LogP contribution in [0.2, 0.25) is 0 Å². The Bertz CT molecular complexity index is 2060. The first-order chi connectivity index (χ1) is 27.1. The highest BCUT2D eigenvalue weighted by molar-refractivity contribution is 5.98. The maximum atomic E-state index is 14.5. The fraction of sp³-hybridized carbons (Fsp3) is 0.405. The molecule has 0 unspecified atom stereocenters. The van der Waals surface area contributed by atoms with Gasteiger partial charge in [-0.1, -0.05) is 24.3 Å². The third kappa shape index (κ3) is 9.69. The maximum Gasteiger partial charge on any atom is 0.245 e. The predicted molar refractivity (Wildman–Crippen MR) is 209 cm³/mol. The van der Waals surface area contributed by atoms with E-state index < -0.39 is 71.4 Å². The van der Waals surface area contributed by atoms with Gasteiger partial charge in [-0.15, -0.1) is 0 Å². The molecule has 3 aromatic rings. The van der Waals surface area contributed by atoms with Gasteiger partial charge in [-0.3, -0.25) is 28.8 Å². The van der Waals surface area contributed by atoms with Crippen molar-refractivity contribution in [2.75, 3.05) is 28.3 Å². The normalized spacial score (nSPS) is 23.9. The van der Waals surface area contributed by atoms with Crippen molar-refractivity contribution < 1.29 is 43.0 Å². The Morgan fingerprint density at radius 2 is 1.35 bits per heavy atom. The maximum absolute atomic E-state index is 14.5. The summed E-state index contributed by atoms with van der Waals surface area (Å²) < 4.78 is 16.9. The van der Waals surface area contributed by atoms with Crippen LogP contribution in [0.25, 0.3) is 4.85 Å². The fourth-order valence-electron chi connectivity index (χ4n) is 6.99. The molecule has 3 heterocycles. The first-order valence-corrected chi connectivity index (χ1v) is 18.6. The van der Waals surface area contributed by atoms with E-state index in [2.05, 4.69) is 20.8 Å². The lowest BCUT2D eigenvalue weighted by molar-refractivity contribution is -0.144. The van der Waals surface area contributed by atoms with E-state index >= 15 is 0 Å². The second kappa shape index (κ2) is 18.0. The van der Waals surface area contributed by atoms with Gasteiger partial charge in [0.25, 0.3) is 0 Å². The number of ketones is 1. The molecule has 3 N–H and O–H groups in total. The molecular formula is C42H48N6O9. The minimum atomic E-state index is -1.16. The molecule has 5 amide bonds. The largest absolute Gasteiger partial charge is 0.497 e. The summed E-state index contributed by atoms with van der Waals surface area (Å²) in [6.07, 6.45) is -0.348. The van der Waals surface area contributed by atoms with E-state index in [0.29, 0.717) is 39.7 Å². The van der Waals surface area contributed by atoms with E-state index in [1.165, 1.54) is 65.0 Å². The van der Waals surface area contributed by atoms with Crippen molar-refractivity contribution in [2.24, 2.45) is 5.92 Å². The number of carbonyl (C=O) groups excluding carboxylic acids is 6. The van der Waals surface area contributed by atoms with Gasteiger partial charge >= 0.3 is 0 Å². The summed E-state index contributed by atoms with van der Waals surface area (Å²) in [6.45, 7) is 12.3. The van der Waals surface area contributed by atoms with Crippen LogP contribution in [0.1, 0.15) is 43.9 Å². The molecule has 6 rings (SSSR count). The van der Waals surface area contributed by atoms with Crippen LogP contribution in [0.15, 0.2) is 60.7 Å². The SMILES string of the molecule is [C-]#[N+]c1cc(OC)c2cc1C[C@@H]1CC(=O)[C@H](Cc3ccc(cc3)O2)N(C)C(=O)[C@H](C)NC(=O)[C@H](Cc2ccc(OC)cc2)N(C)C(=O)[C@H](C)NC(=O)[C@@H](C)NC1=O. The average Bonchev–Trinajstić information content (AvgIpc) is 3.20. The third-order valence-corrected chi connectivity index (χ3v) is 10.5. The summed E-state index contributed by atoms with van der Waals surface area (Å²) >= 11 is 0. The van der Waals surface area contributed by atoms with Crippen molar-refractivity contribution in [1.82, 2.24) is 25.8 Å². The van der Waals surface area contributed by atoms with E-state index in [1.807, 2.05) is 0 Å². The van der Waals surface area contributed by atoms with Crippen LogP contribution in [0, 0.1) is 12.5 Å². The van der Waals surface area contributed by atoms with E-state index in [0.717, 1.165) is 0 Å². The number of nitrogens with zero attached hydrogens (tertiary/aromatic N) is 3. The van der Waals surface area contributed by atoms with Crippen LogP contribution in [0.3, 0.4) is 0 Å². The van der Waals surface area contributed by atoms with Crippen LogP contribution in [-0.4, -0.2) is 104 Å². The van der Waals surface area contributed by atoms with E-state index in [1.54, 1.807) is 54.6 Å².